The molecule has 2 atom stereocenters. The number of rotatable bonds is 3. The van der Waals surface area contributed by atoms with E-state index >= 15 is 0 Å². The molecule has 0 saturated carbocycles. The molecule has 1 fully saturated rings. The molecule has 0 aliphatic carbocycles. The molecule has 0 radical (unpaired) electrons. The fourth-order valence-corrected chi connectivity index (χ4v) is 4.32. The summed E-state index contributed by atoms with van der Waals surface area (Å²) in [6.45, 7) is 5.83. The fourth-order valence-electron chi connectivity index (χ4n) is 2.48. The summed E-state index contributed by atoms with van der Waals surface area (Å²) in [6, 6.07) is 4.14. The van der Waals surface area contributed by atoms with E-state index in [2.05, 4.69) is 0 Å². The average molecular weight is 313 g/mol. The normalized spacial score (nSPS) is 24.0. The van der Waals surface area contributed by atoms with Crippen LogP contribution in [0.4, 0.5) is 0 Å². The number of ether oxygens (including phenoxy) is 1. The molecular formula is C14H19NO5S. The smallest absolute Gasteiger partial charge is 0.335 e. The summed E-state index contributed by atoms with van der Waals surface area (Å²) >= 11 is 0. The number of aryl methyl sites for hydroxylation is 1. The van der Waals surface area contributed by atoms with E-state index in [1.54, 1.807) is 6.92 Å². The van der Waals surface area contributed by atoms with Crippen LogP contribution in [-0.4, -0.2) is 49.1 Å². The van der Waals surface area contributed by atoms with Crippen molar-refractivity contribution in [3.05, 3.63) is 29.3 Å². The fraction of sp³-hybridized carbons (Fsp3) is 0.500. The monoisotopic (exact) mass is 313 g/mol. The van der Waals surface area contributed by atoms with Gasteiger partial charge in [0.1, 0.15) is 0 Å². The summed E-state index contributed by atoms with van der Waals surface area (Å²) in [5.74, 6) is -1.14. The molecule has 116 valence electrons. The maximum Gasteiger partial charge on any atom is 0.335 e. The van der Waals surface area contributed by atoms with Crippen molar-refractivity contribution in [2.24, 2.45) is 0 Å². The van der Waals surface area contributed by atoms with Gasteiger partial charge in [0.15, 0.2) is 0 Å². The highest BCUT2D eigenvalue weighted by molar-refractivity contribution is 7.89. The van der Waals surface area contributed by atoms with Crippen LogP contribution in [0.15, 0.2) is 23.1 Å². The largest absolute Gasteiger partial charge is 0.478 e. The molecule has 21 heavy (non-hydrogen) atoms. The van der Waals surface area contributed by atoms with Gasteiger partial charge in [-0.3, -0.25) is 0 Å². The maximum absolute atomic E-state index is 12.8. The Morgan fingerprint density at radius 2 is 1.86 bits per heavy atom. The molecule has 1 aromatic rings. The Labute approximate surface area is 124 Å². The molecule has 1 aliphatic heterocycles. The maximum atomic E-state index is 12.8. The van der Waals surface area contributed by atoms with Crippen molar-refractivity contribution in [3.8, 4) is 0 Å². The lowest BCUT2D eigenvalue weighted by Crippen LogP contribution is -2.48. The summed E-state index contributed by atoms with van der Waals surface area (Å²) in [6.07, 6.45) is -0.377. The van der Waals surface area contributed by atoms with Crippen molar-refractivity contribution < 1.29 is 23.1 Å². The SMILES string of the molecule is Cc1ccc(C(=O)O)cc1S(=O)(=O)N1CC(C)OC(C)C1. The van der Waals surface area contributed by atoms with Gasteiger partial charge in [0, 0.05) is 13.1 Å². The number of carbonyl (C=O) groups is 1. The number of hydrogen-bond donors (Lipinski definition) is 1. The van der Waals surface area contributed by atoms with Crippen molar-refractivity contribution in [2.75, 3.05) is 13.1 Å². The van der Waals surface area contributed by atoms with Crippen LogP contribution in [0.2, 0.25) is 0 Å². The number of carboxylic acids is 1. The minimum atomic E-state index is -3.72. The predicted molar refractivity (Wildman–Crippen MR) is 76.9 cm³/mol. The molecule has 7 heteroatoms. The lowest BCUT2D eigenvalue weighted by molar-refractivity contribution is -0.0441. The molecule has 1 aliphatic rings. The van der Waals surface area contributed by atoms with E-state index < -0.39 is 16.0 Å². The Hall–Kier alpha value is -1.44. The molecule has 0 spiro atoms. The molecule has 6 nitrogen and oxygen atoms in total. The molecule has 1 aromatic carbocycles. The topological polar surface area (TPSA) is 83.9 Å². The first kappa shape index (κ1) is 15.9. The Morgan fingerprint density at radius 1 is 1.29 bits per heavy atom. The third kappa shape index (κ3) is 3.25. The first-order valence-electron chi connectivity index (χ1n) is 6.71. The van der Waals surface area contributed by atoms with Crippen LogP contribution in [-0.2, 0) is 14.8 Å². The Morgan fingerprint density at radius 3 is 2.38 bits per heavy atom. The predicted octanol–water partition coefficient (Wildman–Crippen LogP) is 1.49. The van der Waals surface area contributed by atoms with Crippen LogP contribution in [0.1, 0.15) is 29.8 Å². The second-order valence-corrected chi connectivity index (χ2v) is 7.27. The number of morpholine rings is 1. The van der Waals surface area contributed by atoms with E-state index in [1.165, 1.54) is 22.5 Å². The van der Waals surface area contributed by atoms with Gasteiger partial charge in [0.2, 0.25) is 10.0 Å². The molecule has 2 unspecified atom stereocenters. The zero-order valence-electron chi connectivity index (χ0n) is 12.2. The second-order valence-electron chi connectivity index (χ2n) is 5.36. The lowest BCUT2D eigenvalue weighted by Gasteiger charge is -2.34. The molecule has 1 heterocycles. The highest BCUT2D eigenvalue weighted by Crippen LogP contribution is 2.24. The van der Waals surface area contributed by atoms with E-state index in [0.29, 0.717) is 5.56 Å². The third-order valence-corrected chi connectivity index (χ3v) is 5.41. The van der Waals surface area contributed by atoms with Crippen LogP contribution in [0.3, 0.4) is 0 Å². The standard InChI is InChI=1S/C14H19NO5S/c1-9-4-5-12(14(16)17)6-13(9)21(18,19)15-7-10(2)20-11(3)8-15/h4-6,10-11H,7-8H2,1-3H3,(H,16,17). The van der Waals surface area contributed by atoms with E-state index in [4.69, 9.17) is 9.84 Å². The number of sulfonamides is 1. The number of hydrogen-bond acceptors (Lipinski definition) is 4. The van der Waals surface area contributed by atoms with Crippen LogP contribution in [0.25, 0.3) is 0 Å². The van der Waals surface area contributed by atoms with Gasteiger partial charge in [-0.25, -0.2) is 13.2 Å². The quantitative estimate of drug-likeness (QED) is 0.914. The zero-order chi connectivity index (χ0) is 15.8. The van der Waals surface area contributed by atoms with Crippen LogP contribution in [0.5, 0.6) is 0 Å². The van der Waals surface area contributed by atoms with E-state index in [0.717, 1.165) is 0 Å². The summed E-state index contributed by atoms with van der Waals surface area (Å²) < 4.78 is 32.4. The molecule has 0 amide bonds. The lowest BCUT2D eigenvalue weighted by atomic mass is 10.1. The highest BCUT2D eigenvalue weighted by atomic mass is 32.2. The average Bonchev–Trinajstić information content (AvgIpc) is 2.37. The number of carboxylic acid groups (broad SMARTS) is 1. The summed E-state index contributed by atoms with van der Waals surface area (Å²) in [4.78, 5) is 11.1. The van der Waals surface area contributed by atoms with Gasteiger partial charge in [-0.1, -0.05) is 6.07 Å². The van der Waals surface area contributed by atoms with Crippen molar-refractivity contribution in [3.63, 3.8) is 0 Å². The Kier molecular flexibility index (Phi) is 4.36. The summed E-state index contributed by atoms with van der Waals surface area (Å²) in [5, 5.41) is 9.03. The molecular weight excluding hydrogens is 294 g/mol. The van der Waals surface area contributed by atoms with Crippen molar-refractivity contribution in [2.45, 2.75) is 37.9 Å². The van der Waals surface area contributed by atoms with Crippen LogP contribution >= 0.6 is 0 Å². The molecule has 0 bridgehead atoms. The third-order valence-electron chi connectivity index (χ3n) is 3.44. The first-order valence-corrected chi connectivity index (χ1v) is 8.15. The zero-order valence-corrected chi connectivity index (χ0v) is 13.1. The summed E-state index contributed by atoms with van der Waals surface area (Å²) in [5.41, 5.74) is 0.500. The van der Waals surface area contributed by atoms with Gasteiger partial charge < -0.3 is 9.84 Å². The van der Waals surface area contributed by atoms with Gasteiger partial charge in [-0.2, -0.15) is 4.31 Å². The molecule has 2 rings (SSSR count). The number of nitrogens with zero attached hydrogens (tertiary/aromatic N) is 1. The molecule has 1 saturated heterocycles. The van der Waals surface area contributed by atoms with Gasteiger partial charge in [-0.15, -0.1) is 0 Å². The second kappa shape index (κ2) is 5.75. The molecule has 1 N–H and O–H groups in total. The van der Waals surface area contributed by atoms with Crippen molar-refractivity contribution in [1.29, 1.82) is 0 Å². The van der Waals surface area contributed by atoms with E-state index in [1.807, 2.05) is 13.8 Å². The van der Waals surface area contributed by atoms with Crippen molar-refractivity contribution in [1.82, 2.24) is 4.31 Å². The van der Waals surface area contributed by atoms with Crippen molar-refractivity contribution >= 4 is 16.0 Å². The van der Waals surface area contributed by atoms with Gasteiger partial charge in [-0.05, 0) is 38.5 Å². The van der Waals surface area contributed by atoms with E-state index in [9.17, 15) is 13.2 Å². The first-order chi connectivity index (χ1) is 9.71. The van der Waals surface area contributed by atoms with Gasteiger partial charge in [0.25, 0.3) is 0 Å². The molecule has 0 aromatic heterocycles. The van der Waals surface area contributed by atoms with E-state index in [-0.39, 0.29) is 35.8 Å². The summed E-state index contributed by atoms with van der Waals surface area (Å²) in [7, 11) is -3.72. The number of aromatic carboxylic acids is 1. The van der Waals surface area contributed by atoms with Gasteiger partial charge in [0.05, 0.1) is 22.7 Å². The minimum Gasteiger partial charge on any atom is -0.478 e. The Balaban J connectivity index is 2.44. The number of benzene rings is 1. The minimum absolute atomic E-state index is 0.0338. The van der Waals surface area contributed by atoms with Gasteiger partial charge >= 0.3 is 5.97 Å². The van der Waals surface area contributed by atoms with Crippen LogP contribution < -0.4 is 0 Å². The highest BCUT2D eigenvalue weighted by Gasteiger charge is 2.33. The Bertz CT molecular complexity index is 645. The van der Waals surface area contributed by atoms with Crippen LogP contribution in [0, 0.1) is 6.92 Å².